The minimum absolute atomic E-state index is 0.0329. The lowest BCUT2D eigenvalue weighted by atomic mass is 10.4. The van der Waals surface area contributed by atoms with Crippen LogP contribution in [0.4, 0.5) is 24.8 Å². The molecule has 0 spiro atoms. The summed E-state index contributed by atoms with van der Waals surface area (Å²) in [6.07, 6.45) is -0.735. The van der Waals surface area contributed by atoms with Crippen LogP contribution < -0.4 is 10.6 Å². The van der Waals surface area contributed by atoms with E-state index < -0.39 is 11.9 Å². The van der Waals surface area contributed by atoms with Gasteiger partial charge in [0.2, 0.25) is 11.9 Å². The average Bonchev–Trinajstić information content (AvgIpc) is 2.94. The maximum Gasteiger partial charge on any atom is 0.433 e. The Balaban J connectivity index is 1.95. The molecular weight excluding hydrogens is 329 g/mol. The zero-order valence-corrected chi connectivity index (χ0v) is 12.7. The summed E-state index contributed by atoms with van der Waals surface area (Å²) in [5.74, 6) is -0.481. The minimum Gasteiger partial charge on any atom is -0.383 e. The molecule has 0 bridgehead atoms. The monoisotopic (exact) mass is 344 g/mol. The highest BCUT2D eigenvalue weighted by molar-refractivity contribution is 5.75. The van der Waals surface area contributed by atoms with E-state index in [1.165, 1.54) is 24.2 Å². The van der Waals surface area contributed by atoms with Crippen LogP contribution in [0.3, 0.4) is 0 Å². The molecule has 0 fully saturated rings. The molecule has 0 atom stereocenters. The van der Waals surface area contributed by atoms with E-state index in [0.29, 0.717) is 18.8 Å². The number of rotatable bonds is 7. The summed E-state index contributed by atoms with van der Waals surface area (Å²) in [7, 11) is 1.52. The van der Waals surface area contributed by atoms with Gasteiger partial charge < -0.3 is 15.4 Å². The molecule has 2 heterocycles. The van der Waals surface area contributed by atoms with Gasteiger partial charge in [-0.2, -0.15) is 18.3 Å². The van der Waals surface area contributed by atoms with Crippen molar-refractivity contribution >= 4 is 17.5 Å². The number of methoxy groups -OCH3 is 1. The number of halogens is 3. The van der Waals surface area contributed by atoms with E-state index in [0.717, 1.165) is 12.3 Å². The zero-order chi connectivity index (χ0) is 17.6. The molecule has 0 aliphatic heterocycles. The van der Waals surface area contributed by atoms with Gasteiger partial charge in [0.25, 0.3) is 0 Å². The Morgan fingerprint density at radius 1 is 1.42 bits per heavy atom. The van der Waals surface area contributed by atoms with Gasteiger partial charge in [-0.25, -0.2) is 9.97 Å². The summed E-state index contributed by atoms with van der Waals surface area (Å²) in [5, 5.41) is 9.16. The number of amides is 1. The van der Waals surface area contributed by atoms with E-state index >= 15 is 0 Å². The third kappa shape index (κ3) is 5.19. The number of carbonyl (C=O) groups excluding carboxylic acids is 1. The maximum atomic E-state index is 12.6. The van der Waals surface area contributed by atoms with Crippen LogP contribution in [-0.2, 0) is 22.3 Å². The fourth-order valence-corrected chi connectivity index (χ4v) is 1.72. The van der Waals surface area contributed by atoms with Crippen molar-refractivity contribution in [2.75, 3.05) is 25.6 Å². The van der Waals surface area contributed by atoms with Gasteiger partial charge >= 0.3 is 6.18 Å². The van der Waals surface area contributed by atoms with Gasteiger partial charge in [-0.05, 0) is 6.07 Å². The standard InChI is InChI=1S/C13H15F3N6O2/c1-24-5-4-17-11(23)8-22-7-9(6-19-22)20-12-18-3-2-10(21-12)13(14,15)16/h2-3,6-7H,4-5,8H2,1H3,(H,17,23)(H,18,20,21). The van der Waals surface area contributed by atoms with Crippen molar-refractivity contribution < 1.29 is 22.7 Å². The first kappa shape index (κ1) is 17.7. The summed E-state index contributed by atoms with van der Waals surface area (Å²) >= 11 is 0. The van der Waals surface area contributed by atoms with Crippen molar-refractivity contribution in [3.63, 3.8) is 0 Å². The molecule has 8 nitrogen and oxygen atoms in total. The minimum atomic E-state index is -4.55. The molecule has 0 radical (unpaired) electrons. The van der Waals surface area contributed by atoms with Gasteiger partial charge in [-0.15, -0.1) is 0 Å². The van der Waals surface area contributed by atoms with Gasteiger partial charge in [-0.1, -0.05) is 0 Å². The van der Waals surface area contributed by atoms with Gasteiger partial charge in [0, 0.05) is 26.0 Å². The van der Waals surface area contributed by atoms with Crippen LogP contribution in [-0.4, -0.2) is 45.9 Å². The Labute approximate surface area is 135 Å². The summed E-state index contributed by atoms with van der Waals surface area (Å²) in [6.45, 7) is 0.735. The predicted octanol–water partition coefficient (Wildman–Crippen LogP) is 1.20. The molecule has 0 saturated heterocycles. The fourth-order valence-electron chi connectivity index (χ4n) is 1.72. The van der Waals surface area contributed by atoms with Crippen molar-refractivity contribution in [3.05, 3.63) is 30.4 Å². The van der Waals surface area contributed by atoms with Crippen LogP contribution in [0, 0.1) is 0 Å². The number of nitrogens with zero attached hydrogens (tertiary/aromatic N) is 4. The number of nitrogens with one attached hydrogen (secondary N) is 2. The molecule has 0 aliphatic carbocycles. The molecule has 2 N–H and O–H groups in total. The molecule has 130 valence electrons. The summed E-state index contributed by atoms with van der Waals surface area (Å²) in [4.78, 5) is 18.7. The first-order valence-corrected chi connectivity index (χ1v) is 6.84. The molecule has 0 aromatic carbocycles. The lowest BCUT2D eigenvalue weighted by Gasteiger charge is -2.07. The second-order valence-corrected chi connectivity index (χ2v) is 4.66. The first-order chi connectivity index (χ1) is 11.4. The molecule has 11 heteroatoms. The van der Waals surface area contributed by atoms with Crippen molar-refractivity contribution in [2.24, 2.45) is 0 Å². The Morgan fingerprint density at radius 3 is 2.92 bits per heavy atom. The molecular formula is C13H15F3N6O2. The molecule has 2 aromatic rings. The lowest BCUT2D eigenvalue weighted by Crippen LogP contribution is -2.30. The number of hydrogen-bond donors (Lipinski definition) is 2. The van der Waals surface area contributed by atoms with Crippen LogP contribution >= 0.6 is 0 Å². The smallest absolute Gasteiger partial charge is 0.383 e. The van der Waals surface area contributed by atoms with Crippen LogP contribution in [0.2, 0.25) is 0 Å². The van der Waals surface area contributed by atoms with E-state index in [2.05, 4.69) is 25.7 Å². The van der Waals surface area contributed by atoms with Crippen molar-refractivity contribution in [1.29, 1.82) is 0 Å². The average molecular weight is 344 g/mol. The van der Waals surface area contributed by atoms with Crippen LogP contribution in [0.5, 0.6) is 0 Å². The fraction of sp³-hybridized carbons (Fsp3) is 0.385. The Bertz CT molecular complexity index is 688. The van der Waals surface area contributed by atoms with Gasteiger partial charge in [-0.3, -0.25) is 9.48 Å². The molecule has 2 rings (SSSR count). The lowest BCUT2D eigenvalue weighted by molar-refractivity contribution is -0.141. The van der Waals surface area contributed by atoms with E-state index in [9.17, 15) is 18.0 Å². The van der Waals surface area contributed by atoms with Crippen LogP contribution in [0.25, 0.3) is 0 Å². The van der Waals surface area contributed by atoms with Crippen LogP contribution in [0.15, 0.2) is 24.7 Å². The van der Waals surface area contributed by atoms with E-state index in [1.807, 2.05) is 0 Å². The Kier molecular flexibility index (Phi) is 5.68. The molecule has 24 heavy (non-hydrogen) atoms. The van der Waals surface area contributed by atoms with E-state index in [1.54, 1.807) is 0 Å². The number of aromatic nitrogens is 4. The normalized spacial score (nSPS) is 11.3. The molecule has 0 saturated carbocycles. The number of anilines is 2. The third-order valence-corrected chi connectivity index (χ3v) is 2.77. The first-order valence-electron chi connectivity index (χ1n) is 6.84. The van der Waals surface area contributed by atoms with Crippen LogP contribution in [0.1, 0.15) is 5.69 Å². The highest BCUT2D eigenvalue weighted by Gasteiger charge is 2.32. The highest BCUT2D eigenvalue weighted by Crippen LogP contribution is 2.27. The second kappa shape index (κ2) is 7.73. The quantitative estimate of drug-likeness (QED) is 0.733. The largest absolute Gasteiger partial charge is 0.433 e. The SMILES string of the molecule is COCCNC(=O)Cn1cc(Nc2nccc(C(F)(F)F)n2)cn1. The zero-order valence-electron chi connectivity index (χ0n) is 12.7. The number of alkyl halides is 3. The van der Waals surface area contributed by atoms with Crippen molar-refractivity contribution in [1.82, 2.24) is 25.1 Å². The van der Waals surface area contributed by atoms with Gasteiger partial charge in [0.15, 0.2) is 0 Å². The molecule has 0 unspecified atom stereocenters. The summed E-state index contributed by atoms with van der Waals surface area (Å²) in [6, 6.07) is 0.777. The number of carbonyl (C=O) groups is 1. The summed E-state index contributed by atoms with van der Waals surface area (Å²) in [5.41, 5.74) is -0.691. The maximum absolute atomic E-state index is 12.6. The van der Waals surface area contributed by atoms with Crippen molar-refractivity contribution in [3.8, 4) is 0 Å². The topological polar surface area (TPSA) is 94.0 Å². The second-order valence-electron chi connectivity index (χ2n) is 4.66. The summed E-state index contributed by atoms with van der Waals surface area (Å²) < 4.78 is 43.9. The molecule has 1 amide bonds. The predicted molar refractivity (Wildman–Crippen MR) is 77.4 cm³/mol. The number of ether oxygens (including phenoxy) is 1. The highest BCUT2D eigenvalue weighted by atomic mass is 19.4. The van der Waals surface area contributed by atoms with Gasteiger partial charge in [0.1, 0.15) is 12.2 Å². The van der Waals surface area contributed by atoms with E-state index in [4.69, 9.17) is 4.74 Å². The molecule has 0 aliphatic rings. The van der Waals surface area contributed by atoms with Crippen molar-refractivity contribution in [2.45, 2.75) is 12.7 Å². The van der Waals surface area contributed by atoms with Gasteiger partial charge in [0.05, 0.1) is 18.5 Å². The molecule has 2 aromatic heterocycles. The Hall–Kier alpha value is -2.69. The van der Waals surface area contributed by atoms with E-state index in [-0.39, 0.29) is 18.4 Å². The third-order valence-electron chi connectivity index (χ3n) is 2.77. The number of hydrogen-bond acceptors (Lipinski definition) is 6. The Morgan fingerprint density at radius 2 is 2.21 bits per heavy atom.